The fraction of sp³-hybridized carbons (Fsp3) is 0.571. The summed E-state index contributed by atoms with van der Waals surface area (Å²) in [4.78, 5) is 41.4. The molecule has 1 N–H and O–H groups in total. The number of halogens is 1. The van der Waals surface area contributed by atoms with Crippen LogP contribution >= 0.6 is 11.6 Å². The van der Waals surface area contributed by atoms with E-state index < -0.39 is 6.04 Å². The molecule has 2 fully saturated rings. The number of nitrogens with zero attached hydrogens (tertiary/aromatic N) is 2. The van der Waals surface area contributed by atoms with Crippen LogP contribution in [0.25, 0.3) is 0 Å². The van der Waals surface area contributed by atoms with Gasteiger partial charge in [-0.05, 0) is 50.2 Å². The molecule has 1 atom stereocenters. The maximum absolute atomic E-state index is 13.3. The molecule has 0 spiro atoms. The lowest BCUT2D eigenvalue weighted by Crippen LogP contribution is -2.55. The lowest BCUT2D eigenvalue weighted by atomic mass is 9.87. The zero-order valence-electron chi connectivity index (χ0n) is 16.3. The third-order valence-corrected chi connectivity index (χ3v) is 6.12. The molecule has 0 aliphatic carbocycles. The number of benzene rings is 1. The minimum Gasteiger partial charge on any atom is -0.343 e. The van der Waals surface area contributed by atoms with Crippen molar-refractivity contribution < 1.29 is 14.4 Å². The van der Waals surface area contributed by atoms with E-state index in [-0.39, 0.29) is 23.6 Å². The van der Waals surface area contributed by atoms with Crippen LogP contribution in [-0.2, 0) is 9.59 Å². The molecule has 2 aliphatic heterocycles. The molecular weight excluding hydrogens is 378 g/mol. The summed E-state index contributed by atoms with van der Waals surface area (Å²) in [5, 5.41) is 3.34. The first-order valence-electron chi connectivity index (χ1n) is 10.1. The van der Waals surface area contributed by atoms with Crippen molar-refractivity contribution in [2.24, 2.45) is 5.92 Å². The molecule has 3 rings (SSSR count). The number of hydrogen-bond donors (Lipinski definition) is 1. The van der Waals surface area contributed by atoms with Gasteiger partial charge in [-0.3, -0.25) is 14.4 Å². The maximum Gasteiger partial charge on any atom is 0.253 e. The largest absolute Gasteiger partial charge is 0.343 e. The first kappa shape index (κ1) is 20.6. The highest BCUT2D eigenvalue weighted by Gasteiger charge is 2.36. The van der Waals surface area contributed by atoms with Gasteiger partial charge in [0.2, 0.25) is 11.8 Å². The number of carbonyl (C=O) groups excluding carboxylic acids is 3. The zero-order chi connectivity index (χ0) is 20.1. The third kappa shape index (κ3) is 4.85. The van der Waals surface area contributed by atoms with Gasteiger partial charge in [-0.25, -0.2) is 0 Å². The van der Waals surface area contributed by atoms with Crippen molar-refractivity contribution >= 4 is 29.3 Å². The summed E-state index contributed by atoms with van der Waals surface area (Å²) >= 11 is 6.17. The van der Waals surface area contributed by atoms with Crippen LogP contribution in [0, 0.1) is 5.92 Å². The van der Waals surface area contributed by atoms with Crippen molar-refractivity contribution in [1.82, 2.24) is 15.1 Å². The van der Waals surface area contributed by atoms with Gasteiger partial charge >= 0.3 is 0 Å². The van der Waals surface area contributed by atoms with Crippen molar-refractivity contribution in [3.8, 4) is 0 Å². The van der Waals surface area contributed by atoms with E-state index in [4.69, 9.17) is 11.6 Å². The lowest BCUT2D eigenvalue weighted by molar-refractivity contribution is -0.136. The third-order valence-electron chi connectivity index (χ3n) is 5.80. The Morgan fingerprint density at radius 2 is 1.64 bits per heavy atom. The van der Waals surface area contributed by atoms with Gasteiger partial charge < -0.3 is 15.1 Å². The van der Waals surface area contributed by atoms with Crippen LogP contribution in [0.1, 0.15) is 49.4 Å². The Hall–Kier alpha value is -2.08. The van der Waals surface area contributed by atoms with Gasteiger partial charge in [-0.15, -0.1) is 0 Å². The summed E-state index contributed by atoms with van der Waals surface area (Å²) in [7, 11) is 0. The molecule has 2 heterocycles. The van der Waals surface area contributed by atoms with Crippen molar-refractivity contribution in [2.45, 2.75) is 45.1 Å². The zero-order valence-corrected chi connectivity index (χ0v) is 17.1. The van der Waals surface area contributed by atoms with E-state index in [1.165, 1.54) is 0 Å². The summed E-state index contributed by atoms with van der Waals surface area (Å²) in [6.45, 7) is 4.28. The Morgan fingerprint density at radius 3 is 2.25 bits per heavy atom. The van der Waals surface area contributed by atoms with Crippen molar-refractivity contribution in [2.75, 3.05) is 26.2 Å². The Bertz CT molecular complexity index is 725. The molecular formula is C21H28ClN3O3. The highest BCUT2D eigenvalue weighted by molar-refractivity contribution is 6.33. The number of likely N-dealkylation sites (tertiary alicyclic amines) is 2. The molecule has 3 amide bonds. The lowest BCUT2D eigenvalue weighted by Gasteiger charge is -2.38. The second-order valence-corrected chi connectivity index (χ2v) is 8.07. The van der Waals surface area contributed by atoms with Crippen LogP contribution in [0.5, 0.6) is 0 Å². The minimum absolute atomic E-state index is 0.0106. The summed E-state index contributed by atoms with van der Waals surface area (Å²) in [6, 6.07) is 6.28. The van der Waals surface area contributed by atoms with Crippen molar-refractivity contribution in [3.05, 3.63) is 34.9 Å². The average molecular weight is 406 g/mol. The van der Waals surface area contributed by atoms with E-state index in [0.29, 0.717) is 36.5 Å². The predicted octanol–water partition coefficient (Wildman–Crippen LogP) is 2.71. The molecule has 0 bridgehead atoms. The van der Waals surface area contributed by atoms with Crippen LogP contribution in [-0.4, -0.2) is 59.7 Å². The van der Waals surface area contributed by atoms with Gasteiger partial charge in [0.25, 0.3) is 5.91 Å². The fourth-order valence-corrected chi connectivity index (χ4v) is 4.33. The number of amides is 3. The predicted molar refractivity (Wildman–Crippen MR) is 108 cm³/mol. The molecule has 1 aromatic rings. The summed E-state index contributed by atoms with van der Waals surface area (Å²) in [5.41, 5.74) is 0.377. The van der Waals surface area contributed by atoms with E-state index in [1.54, 1.807) is 36.1 Å². The van der Waals surface area contributed by atoms with Gasteiger partial charge in [-0.1, -0.05) is 23.7 Å². The molecule has 152 valence electrons. The maximum atomic E-state index is 13.3. The topological polar surface area (TPSA) is 69.7 Å². The fourth-order valence-electron chi connectivity index (χ4n) is 4.10. The smallest absolute Gasteiger partial charge is 0.253 e. The molecule has 0 unspecified atom stereocenters. The standard InChI is InChI=1S/C21H28ClN3O3/c1-15(26)24-13-9-16(10-14-24)19(21(28)25-11-5-2-6-12-25)23-20(27)17-7-3-4-8-18(17)22/h3-4,7-8,16,19H,2,5-6,9-14H2,1H3,(H,23,27)/t19-/m1/s1. The summed E-state index contributed by atoms with van der Waals surface area (Å²) in [5.74, 6) is -0.273. The van der Waals surface area contributed by atoms with Gasteiger partial charge in [0, 0.05) is 33.1 Å². The number of rotatable bonds is 4. The Labute approximate surface area is 171 Å². The summed E-state index contributed by atoms with van der Waals surface area (Å²) < 4.78 is 0. The number of hydrogen-bond acceptors (Lipinski definition) is 3. The Morgan fingerprint density at radius 1 is 1.00 bits per heavy atom. The normalized spacial score (nSPS) is 19.2. The molecule has 0 saturated carbocycles. The molecule has 0 aromatic heterocycles. The molecule has 0 radical (unpaired) electrons. The minimum atomic E-state index is -0.587. The van der Waals surface area contributed by atoms with Crippen molar-refractivity contribution in [1.29, 1.82) is 0 Å². The number of carbonyl (C=O) groups is 3. The number of nitrogens with one attached hydrogen (secondary N) is 1. The average Bonchev–Trinajstić information content (AvgIpc) is 2.72. The first-order chi connectivity index (χ1) is 13.5. The first-order valence-corrected chi connectivity index (χ1v) is 10.4. The van der Waals surface area contributed by atoms with Crippen LogP contribution in [0.3, 0.4) is 0 Å². The van der Waals surface area contributed by atoms with Crippen LogP contribution in [0.2, 0.25) is 5.02 Å². The monoisotopic (exact) mass is 405 g/mol. The van der Waals surface area contributed by atoms with Gasteiger partial charge in [-0.2, -0.15) is 0 Å². The Balaban J connectivity index is 1.76. The van der Waals surface area contributed by atoms with Gasteiger partial charge in [0.05, 0.1) is 10.6 Å². The van der Waals surface area contributed by atoms with Gasteiger partial charge in [0.15, 0.2) is 0 Å². The van der Waals surface area contributed by atoms with E-state index in [2.05, 4.69) is 5.32 Å². The quantitative estimate of drug-likeness (QED) is 0.837. The van der Waals surface area contributed by atoms with Gasteiger partial charge in [0.1, 0.15) is 6.04 Å². The molecule has 6 nitrogen and oxygen atoms in total. The number of piperidine rings is 2. The molecule has 2 aliphatic rings. The molecule has 1 aromatic carbocycles. The highest BCUT2D eigenvalue weighted by Crippen LogP contribution is 2.24. The highest BCUT2D eigenvalue weighted by atomic mass is 35.5. The van der Waals surface area contributed by atoms with E-state index >= 15 is 0 Å². The van der Waals surface area contributed by atoms with Crippen LogP contribution in [0.4, 0.5) is 0 Å². The van der Waals surface area contributed by atoms with E-state index in [9.17, 15) is 14.4 Å². The second kappa shape index (κ2) is 9.41. The van der Waals surface area contributed by atoms with Crippen LogP contribution in [0.15, 0.2) is 24.3 Å². The van der Waals surface area contributed by atoms with Crippen LogP contribution < -0.4 is 5.32 Å². The Kier molecular flexibility index (Phi) is 6.94. The molecule has 28 heavy (non-hydrogen) atoms. The molecule has 2 saturated heterocycles. The van der Waals surface area contributed by atoms with E-state index in [1.807, 2.05) is 4.90 Å². The molecule has 7 heteroatoms. The second-order valence-electron chi connectivity index (χ2n) is 7.66. The van der Waals surface area contributed by atoms with Crippen molar-refractivity contribution in [3.63, 3.8) is 0 Å². The SMILES string of the molecule is CC(=O)N1CCC([C@@H](NC(=O)c2ccccc2Cl)C(=O)N2CCCCC2)CC1. The summed E-state index contributed by atoms with van der Waals surface area (Å²) in [6.07, 6.45) is 4.54. The van der Waals surface area contributed by atoms with E-state index in [0.717, 1.165) is 32.4 Å².